The van der Waals surface area contributed by atoms with Crippen molar-refractivity contribution in [2.24, 2.45) is 0 Å². The maximum atomic E-state index is 5.71. The van der Waals surface area contributed by atoms with E-state index in [1.807, 2.05) is 25.1 Å². The molecule has 0 amide bonds. The second-order valence-corrected chi connectivity index (χ2v) is 5.90. The van der Waals surface area contributed by atoms with Gasteiger partial charge in [0.15, 0.2) is 0 Å². The van der Waals surface area contributed by atoms with Crippen molar-refractivity contribution in [2.75, 3.05) is 13.2 Å². The quantitative estimate of drug-likeness (QED) is 0.742. The van der Waals surface area contributed by atoms with Crippen molar-refractivity contribution in [2.45, 2.75) is 32.3 Å². The number of hydrogen-bond acceptors (Lipinski definition) is 2. The largest absolute Gasteiger partial charge is 0.491 e. The third kappa shape index (κ3) is 4.11. The molecule has 0 heterocycles. The molecular weight excluding hydrogens is 272 g/mol. The summed E-state index contributed by atoms with van der Waals surface area (Å²) in [5.74, 6) is 0.848. The molecule has 0 fully saturated rings. The minimum Gasteiger partial charge on any atom is -0.491 e. The zero-order valence-electron chi connectivity index (χ0n) is 13.7. The van der Waals surface area contributed by atoms with Crippen molar-refractivity contribution in [3.63, 3.8) is 0 Å². The lowest BCUT2D eigenvalue weighted by Crippen LogP contribution is -2.19. The lowest BCUT2D eigenvalue weighted by Gasteiger charge is -2.26. The van der Waals surface area contributed by atoms with Crippen molar-refractivity contribution in [1.82, 2.24) is 0 Å². The van der Waals surface area contributed by atoms with Crippen molar-refractivity contribution in [3.8, 4) is 5.75 Å². The van der Waals surface area contributed by atoms with E-state index in [9.17, 15) is 0 Å². The van der Waals surface area contributed by atoms with Crippen LogP contribution < -0.4 is 4.74 Å². The Morgan fingerprint density at radius 3 is 2.14 bits per heavy atom. The standard InChI is InChI=1S/C20H25O2/c1-5-21-16(2)15-22-19-13-11-18(12-14-19)20(3,4)17-9-7-6-8-10-17/h6-14,16H,2,5,15H2,1,3-4H3. The minimum atomic E-state index is -0.134. The van der Waals surface area contributed by atoms with Crippen LogP contribution in [0.15, 0.2) is 54.6 Å². The van der Waals surface area contributed by atoms with Crippen molar-refractivity contribution >= 4 is 0 Å². The van der Waals surface area contributed by atoms with Crippen molar-refractivity contribution in [3.05, 3.63) is 72.6 Å². The summed E-state index contributed by atoms with van der Waals surface area (Å²) >= 11 is 0. The maximum absolute atomic E-state index is 5.71. The molecule has 22 heavy (non-hydrogen) atoms. The van der Waals surface area contributed by atoms with Crippen LogP contribution in [0.2, 0.25) is 0 Å². The van der Waals surface area contributed by atoms with Gasteiger partial charge in [0.05, 0.1) is 6.10 Å². The Morgan fingerprint density at radius 1 is 0.955 bits per heavy atom. The van der Waals surface area contributed by atoms with Crippen LogP contribution >= 0.6 is 0 Å². The summed E-state index contributed by atoms with van der Waals surface area (Å²) in [6.07, 6.45) is -0.134. The Morgan fingerprint density at radius 2 is 1.55 bits per heavy atom. The number of ether oxygens (including phenoxy) is 2. The average Bonchev–Trinajstić information content (AvgIpc) is 2.54. The summed E-state index contributed by atoms with van der Waals surface area (Å²) in [6.45, 7) is 11.4. The fourth-order valence-electron chi connectivity index (χ4n) is 2.46. The second kappa shape index (κ2) is 7.46. The molecule has 2 rings (SSSR count). The zero-order chi connectivity index (χ0) is 16.0. The molecule has 2 heteroatoms. The summed E-state index contributed by atoms with van der Waals surface area (Å²) in [5, 5.41) is 0. The van der Waals surface area contributed by atoms with E-state index in [0.717, 1.165) is 5.75 Å². The van der Waals surface area contributed by atoms with Crippen molar-refractivity contribution < 1.29 is 9.47 Å². The molecule has 0 aliphatic carbocycles. The van der Waals surface area contributed by atoms with E-state index in [1.54, 1.807) is 0 Å². The molecule has 0 saturated heterocycles. The lowest BCUT2D eigenvalue weighted by atomic mass is 9.78. The van der Waals surface area contributed by atoms with Gasteiger partial charge < -0.3 is 9.47 Å². The molecule has 1 radical (unpaired) electrons. The third-order valence-corrected chi connectivity index (χ3v) is 3.91. The topological polar surface area (TPSA) is 18.5 Å². The van der Waals surface area contributed by atoms with E-state index in [0.29, 0.717) is 13.2 Å². The minimum absolute atomic E-state index is 0.0278. The fourth-order valence-corrected chi connectivity index (χ4v) is 2.46. The molecule has 1 atom stereocenters. The van der Waals surface area contributed by atoms with E-state index in [1.165, 1.54) is 11.1 Å². The van der Waals surface area contributed by atoms with Crippen LogP contribution in [0.4, 0.5) is 0 Å². The lowest BCUT2D eigenvalue weighted by molar-refractivity contribution is 0.0569. The monoisotopic (exact) mass is 297 g/mol. The molecule has 2 nitrogen and oxygen atoms in total. The van der Waals surface area contributed by atoms with E-state index >= 15 is 0 Å². The first-order valence-electron chi connectivity index (χ1n) is 7.77. The van der Waals surface area contributed by atoms with Gasteiger partial charge in [-0.05, 0) is 37.1 Å². The Kier molecular flexibility index (Phi) is 5.62. The Balaban J connectivity index is 2.05. The van der Waals surface area contributed by atoms with Gasteiger partial charge in [0, 0.05) is 12.0 Å². The van der Waals surface area contributed by atoms with Gasteiger partial charge in [0.25, 0.3) is 0 Å². The fraction of sp³-hybridized carbons (Fsp3) is 0.350. The number of hydrogen-bond donors (Lipinski definition) is 0. The van der Waals surface area contributed by atoms with Crippen LogP contribution in [0, 0.1) is 6.92 Å². The summed E-state index contributed by atoms with van der Waals surface area (Å²) in [7, 11) is 0. The molecule has 1 unspecified atom stereocenters. The Bertz CT molecular complexity index is 558. The second-order valence-electron chi connectivity index (χ2n) is 5.90. The van der Waals surface area contributed by atoms with Gasteiger partial charge in [0.1, 0.15) is 12.4 Å². The van der Waals surface area contributed by atoms with E-state index in [-0.39, 0.29) is 11.5 Å². The predicted octanol–water partition coefficient (Wildman–Crippen LogP) is 4.63. The summed E-state index contributed by atoms with van der Waals surface area (Å²) in [4.78, 5) is 0. The Labute approximate surface area is 134 Å². The summed E-state index contributed by atoms with van der Waals surface area (Å²) in [6, 6.07) is 18.8. The van der Waals surface area contributed by atoms with Gasteiger partial charge in [-0.25, -0.2) is 0 Å². The predicted molar refractivity (Wildman–Crippen MR) is 91.3 cm³/mol. The first-order chi connectivity index (χ1) is 10.5. The van der Waals surface area contributed by atoms with Gasteiger partial charge in [-0.2, -0.15) is 0 Å². The molecule has 0 N–H and O–H groups in total. The molecule has 0 aliphatic rings. The molecule has 0 saturated carbocycles. The normalized spacial score (nSPS) is 12.9. The molecule has 117 valence electrons. The van der Waals surface area contributed by atoms with Crippen LogP contribution in [0.25, 0.3) is 0 Å². The highest BCUT2D eigenvalue weighted by molar-refractivity contribution is 5.39. The first-order valence-corrected chi connectivity index (χ1v) is 7.77. The third-order valence-electron chi connectivity index (χ3n) is 3.91. The molecule has 0 spiro atoms. The maximum Gasteiger partial charge on any atom is 0.119 e. The molecule has 0 aromatic heterocycles. The van der Waals surface area contributed by atoms with Crippen molar-refractivity contribution in [1.29, 1.82) is 0 Å². The van der Waals surface area contributed by atoms with Crippen LogP contribution in [0.3, 0.4) is 0 Å². The van der Waals surface area contributed by atoms with Gasteiger partial charge in [-0.3, -0.25) is 0 Å². The van der Waals surface area contributed by atoms with Crippen LogP contribution in [-0.2, 0) is 10.2 Å². The highest BCUT2D eigenvalue weighted by atomic mass is 16.5. The number of rotatable bonds is 7. The highest BCUT2D eigenvalue weighted by Gasteiger charge is 2.22. The van der Waals surface area contributed by atoms with Gasteiger partial charge in [0.2, 0.25) is 0 Å². The molecular formula is C20H25O2. The SMILES string of the molecule is [CH2]C(COc1ccc(C(C)(C)c2ccccc2)cc1)OCC. The van der Waals surface area contributed by atoms with Gasteiger partial charge >= 0.3 is 0 Å². The van der Waals surface area contributed by atoms with Gasteiger partial charge in [-0.1, -0.05) is 56.3 Å². The highest BCUT2D eigenvalue weighted by Crippen LogP contribution is 2.32. The van der Waals surface area contributed by atoms with E-state index in [4.69, 9.17) is 9.47 Å². The number of benzene rings is 2. The van der Waals surface area contributed by atoms with Crippen LogP contribution in [0.1, 0.15) is 31.9 Å². The van der Waals surface area contributed by atoms with E-state index in [2.05, 4.69) is 57.2 Å². The molecule has 0 aliphatic heterocycles. The van der Waals surface area contributed by atoms with Gasteiger partial charge in [-0.15, -0.1) is 0 Å². The first kappa shape index (κ1) is 16.6. The molecule has 0 bridgehead atoms. The molecule has 2 aromatic rings. The van der Waals surface area contributed by atoms with E-state index < -0.39 is 0 Å². The van der Waals surface area contributed by atoms with Crippen LogP contribution in [0.5, 0.6) is 5.75 Å². The van der Waals surface area contributed by atoms with Crippen LogP contribution in [-0.4, -0.2) is 19.3 Å². The summed E-state index contributed by atoms with van der Waals surface area (Å²) < 4.78 is 11.1. The molecule has 2 aromatic carbocycles. The smallest absolute Gasteiger partial charge is 0.119 e. The Hall–Kier alpha value is -1.80. The average molecular weight is 297 g/mol. The summed E-state index contributed by atoms with van der Waals surface area (Å²) in [5.41, 5.74) is 2.54. The zero-order valence-corrected chi connectivity index (χ0v) is 13.7.